The van der Waals surface area contributed by atoms with E-state index in [1.165, 1.54) is 0 Å². The average Bonchev–Trinajstić information content (AvgIpc) is 2.97. The SMILES string of the molecule is S=C(Nc1ncn(Cc2cccc(Cl)c2)n1)Nc1ccc(Br)cc1Cl. The molecule has 0 aliphatic heterocycles. The summed E-state index contributed by atoms with van der Waals surface area (Å²) in [5.74, 6) is 0.396. The van der Waals surface area contributed by atoms with Crippen LogP contribution in [0, 0.1) is 0 Å². The highest BCUT2D eigenvalue weighted by Gasteiger charge is 2.07. The minimum Gasteiger partial charge on any atom is -0.331 e. The predicted octanol–water partition coefficient (Wildman–Crippen LogP) is 5.20. The van der Waals surface area contributed by atoms with Gasteiger partial charge in [-0.25, -0.2) is 9.67 Å². The smallest absolute Gasteiger partial charge is 0.248 e. The van der Waals surface area contributed by atoms with Crippen LogP contribution in [0.1, 0.15) is 5.56 Å². The van der Waals surface area contributed by atoms with Crippen molar-refractivity contribution < 1.29 is 0 Å². The van der Waals surface area contributed by atoms with Crippen molar-refractivity contribution in [3.8, 4) is 0 Å². The lowest BCUT2D eigenvalue weighted by molar-refractivity contribution is 0.687. The van der Waals surface area contributed by atoms with E-state index in [0.717, 1.165) is 10.0 Å². The topological polar surface area (TPSA) is 54.8 Å². The molecule has 2 aromatic carbocycles. The molecule has 0 amide bonds. The molecule has 1 heterocycles. The lowest BCUT2D eigenvalue weighted by Crippen LogP contribution is -2.20. The van der Waals surface area contributed by atoms with Gasteiger partial charge in [0.05, 0.1) is 17.3 Å². The van der Waals surface area contributed by atoms with Crippen molar-refractivity contribution in [2.75, 3.05) is 10.6 Å². The van der Waals surface area contributed by atoms with E-state index in [4.69, 9.17) is 35.4 Å². The Balaban J connectivity index is 1.61. The molecule has 0 saturated heterocycles. The van der Waals surface area contributed by atoms with Crippen molar-refractivity contribution in [2.45, 2.75) is 6.54 Å². The van der Waals surface area contributed by atoms with E-state index in [9.17, 15) is 0 Å². The summed E-state index contributed by atoms with van der Waals surface area (Å²) < 4.78 is 2.59. The van der Waals surface area contributed by atoms with Gasteiger partial charge < -0.3 is 5.32 Å². The van der Waals surface area contributed by atoms with E-state index in [1.807, 2.05) is 36.4 Å². The largest absolute Gasteiger partial charge is 0.331 e. The van der Waals surface area contributed by atoms with E-state index in [1.54, 1.807) is 17.1 Å². The summed E-state index contributed by atoms with van der Waals surface area (Å²) >= 11 is 20.8. The fraction of sp³-hybridized carbons (Fsp3) is 0.0625. The van der Waals surface area contributed by atoms with Crippen LogP contribution in [0.25, 0.3) is 0 Å². The van der Waals surface area contributed by atoms with Gasteiger partial charge in [-0.15, -0.1) is 5.10 Å². The molecule has 0 spiro atoms. The van der Waals surface area contributed by atoms with Crippen LogP contribution in [0.3, 0.4) is 0 Å². The third-order valence-corrected chi connectivity index (χ3v) is 4.42. The molecule has 0 aliphatic rings. The Bertz CT molecular complexity index is 915. The van der Waals surface area contributed by atoms with Gasteiger partial charge in [-0.05, 0) is 48.1 Å². The third kappa shape index (κ3) is 5.15. The molecular formula is C16H12BrCl2N5S. The van der Waals surface area contributed by atoms with Crippen LogP contribution in [0.5, 0.6) is 0 Å². The van der Waals surface area contributed by atoms with Crippen LogP contribution < -0.4 is 10.6 Å². The summed E-state index contributed by atoms with van der Waals surface area (Å²) in [7, 11) is 0. The standard InChI is InChI=1S/C16H12BrCl2N5S/c17-11-4-5-14(13(19)7-11)21-16(25)22-15-20-9-24(23-15)8-10-2-1-3-12(18)6-10/h1-7,9H,8H2,(H2,21,22,23,25). The summed E-state index contributed by atoms with van der Waals surface area (Å²) in [6.07, 6.45) is 1.62. The normalized spacial score (nSPS) is 10.5. The number of nitrogens with zero attached hydrogens (tertiary/aromatic N) is 3. The Morgan fingerprint density at radius 3 is 2.76 bits per heavy atom. The summed E-state index contributed by atoms with van der Waals surface area (Å²) in [6.45, 7) is 0.563. The fourth-order valence-corrected chi connectivity index (χ4v) is 3.23. The van der Waals surface area contributed by atoms with Crippen molar-refractivity contribution in [1.29, 1.82) is 0 Å². The second-order valence-electron chi connectivity index (χ2n) is 5.10. The summed E-state index contributed by atoms with van der Waals surface area (Å²) in [4.78, 5) is 4.19. The Morgan fingerprint density at radius 1 is 1.16 bits per heavy atom. The first kappa shape index (κ1) is 18.1. The molecule has 0 saturated carbocycles. The van der Waals surface area contributed by atoms with Gasteiger partial charge in [-0.3, -0.25) is 5.32 Å². The molecule has 3 aromatic rings. The van der Waals surface area contributed by atoms with E-state index < -0.39 is 0 Å². The molecule has 9 heteroatoms. The van der Waals surface area contributed by atoms with Crippen LogP contribution in [-0.4, -0.2) is 19.9 Å². The quantitative estimate of drug-likeness (QED) is 0.528. The first-order chi connectivity index (χ1) is 12.0. The molecule has 5 nitrogen and oxygen atoms in total. The lowest BCUT2D eigenvalue weighted by atomic mass is 10.2. The van der Waals surface area contributed by atoms with Gasteiger partial charge in [0, 0.05) is 9.50 Å². The molecule has 25 heavy (non-hydrogen) atoms. The Labute approximate surface area is 168 Å². The molecule has 0 radical (unpaired) electrons. The molecule has 3 rings (SSSR count). The maximum atomic E-state index is 6.16. The molecule has 0 bridgehead atoms. The van der Waals surface area contributed by atoms with Crippen LogP contribution in [-0.2, 0) is 6.54 Å². The van der Waals surface area contributed by atoms with Gasteiger partial charge in [-0.2, -0.15) is 0 Å². The molecule has 0 unspecified atom stereocenters. The number of rotatable bonds is 4. The lowest BCUT2D eigenvalue weighted by Gasteiger charge is -2.09. The van der Waals surface area contributed by atoms with Gasteiger partial charge in [0.15, 0.2) is 5.11 Å². The number of anilines is 2. The van der Waals surface area contributed by atoms with Gasteiger partial charge in [-0.1, -0.05) is 51.3 Å². The Hall–Kier alpha value is -1.67. The zero-order valence-corrected chi connectivity index (χ0v) is 16.6. The minimum atomic E-state index is 0.352. The Morgan fingerprint density at radius 2 is 2.00 bits per heavy atom. The molecule has 1 aromatic heterocycles. The highest BCUT2D eigenvalue weighted by molar-refractivity contribution is 9.10. The second-order valence-corrected chi connectivity index (χ2v) is 7.27. The molecule has 128 valence electrons. The molecule has 0 aliphatic carbocycles. The van der Waals surface area contributed by atoms with Gasteiger partial charge >= 0.3 is 0 Å². The van der Waals surface area contributed by atoms with Crippen molar-refractivity contribution in [2.24, 2.45) is 0 Å². The molecule has 0 fully saturated rings. The fourth-order valence-electron chi connectivity index (χ4n) is 2.10. The zero-order valence-electron chi connectivity index (χ0n) is 12.7. The zero-order chi connectivity index (χ0) is 17.8. The highest BCUT2D eigenvalue weighted by atomic mass is 79.9. The Kier molecular flexibility index (Phi) is 5.90. The molecular weight excluding hydrogens is 445 g/mol. The van der Waals surface area contributed by atoms with E-state index in [-0.39, 0.29) is 0 Å². The first-order valence-corrected chi connectivity index (χ1v) is 9.12. The number of nitrogens with one attached hydrogen (secondary N) is 2. The third-order valence-electron chi connectivity index (χ3n) is 3.17. The van der Waals surface area contributed by atoms with Crippen molar-refractivity contribution in [3.05, 3.63) is 68.9 Å². The average molecular weight is 457 g/mol. The predicted molar refractivity (Wildman–Crippen MR) is 110 cm³/mol. The van der Waals surface area contributed by atoms with Gasteiger partial charge in [0.25, 0.3) is 0 Å². The van der Waals surface area contributed by atoms with E-state index in [0.29, 0.717) is 33.3 Å². The van der Waals surface area contributed by atoms with Gasteiger partial charge in [0.2, 0.25) is 5.95 Å². The summed E-state index contributed by atoms with van der Waals surface area (Å²) in [5, 5.41) is 11.9. The maximum Gasteiger partial charge on any atom is 0.248 e. The number of aromatic nitrogens is 3. The highest BCUT2D eigenvalue weighted by Crippen LogP contribution is 2.25. The molecule has 2 N–H and O–H groups in total. The number of hydrogen-bond donors (Lipinski definition) is 2. The van der Waals surface area contributed by atoms with Crippen LogP contribution >= 0.6 is 51.3 Å². The minimum absolute atomic E-state index is 0.352. The number of halogens is 3. The maximum absolute atomic E-state index is 6.16. The first-order valence-electron chi connectivity index (χ1n) is 7.16. The van der Waals surface area contributed by atoms with E-state index >= 15 is 0 Å². The van der Waals surface area contributed by atoms with E-state index in [2.05, 4.69) is 36.6 Å². The number of thiocarbonyl (C=S) groups is 1. The van der Waals surface area contributed by atoms with Crippen molar-refractivity contribution >= 4 is 68.1 Å². The van der Waals surface area contributed by atoms with Crippen molar-refractivity contribution in [3.63, 3.8) is 0 Å². The van der Waals surface area contributed by atoms with Crippen LogP contribution in [0.2, 0.25) is 10.0 Å². The number of hydrogen-bond acceptors (Lipinski definition) is 3. The van der Waals surface area contributed by atoms with Crippen molar-refractivity contribution in [1.82, 2.24) is 14.8 Å². The summed E-state index contributed by atoms with van der Waals surface area (Å²) in [6, 6.07) is 13.1. The van der Waals surface area contributed by atoms with Crippen LogP contribution in [0.4, 0.5) is 11.6 Å². The molecule has 0 atom stereocenters. The second kappa shape index (κ2) is 8.14. The van der Waals surface area contributed by atoms with Gasteiger partial charge in [0.1, 0.15) is 6.33 Å². The monoisotopic (exact) mass is 455 g/mol. The van der Waals surface area contributed by atoms with Crippen LogP contribution in [0.15, 0.2) is 53.3 Å². The summed E-state index contributed by atoms with van der Waals surface area (Å²) in [5.41, 5.74) is 1.73. The number of benzene rings is 2.